The minimum atomic E-state index is -0.355. The van der Waals surface area contributed by atoms with Gasteiger partial charge in [0.25, 0.3) is 0 Å². The van der Waals surface area contributed by atoms with Gasteiger partial charge in [-0.3, -0.25) is 0 Å². The SMILES string of the molecule is [2H]c1ccc2cc(-c3cccc(B4OC(C)(C)C(C)(C)O4)c3)ccc2c1. The molecule has 4 rings (SSSR count). The maximum atomic E-state index is 7.75. The molecule has 25 heavy (non-hydrogen) atoms. The summed E-state index contributed by atoms with van der Waals surface area (Å²) in [4.78, 5) is 0. The third-order valence-corrected chi connectivity index (χ3v) is 5.43. The molecule has 1 fully saturated rings. The summed E-state index contributed by atoms with van der Waals surface area (Å²) in [7, 11) is -0.355. The third-order valence-electron chi connectivity index (χ3n) is 5.43. The van der Waals surface area contributed by atoms with Gasteiger partial charge in [0, 0.05) is 0 Å². The first-order valence-corrected chi connectivity index (χ1v) is 8.72. The Morgan fingerprint density at radius 2 is 1.48 bits per heavy atom. The summed E-state index contributed by atoms with van der Waals surface area (Å²) in [6.45, 7) is 8.28. The van der Waals surface area contributed by atoms with Crippen molar-refractivity contribution in [3.05, 3.63) is 66.7 Å². The van der Waals surface area contributed by atoms with Crippen LogP contribution in [0.25, 0.3) is 21.9 Å². The highest BCUT2D eigenvalue weighted by atomic mass is 16.7. The molecule has 0 saturated carbocycles. The van der Waals surface area contributed by atoms with Gasteiger partial charge in [-0.05, 0) is 61.1 Å². The van der Waals surface area contributed by atoms with Crippen molar-refractivity contribution < 1.29 is 10.7 Å². The molecule has 1 aliphatic heterocycles. The van der Waals surface area contributed by atoms with E-state index in [9.17, 15) is 0 Å². The van der Waals surface area contributed by atoms with E-state index in [-0.39, 0.29) is 18.3 Å². The van der Waals surface area contributed by atoms with Gasteiger partial charge in [0.1, 0.15) is 0 Å². The van der Waals surface area contributed by atoms with Crippen LogP contribution in [0.15, 0.2) is 66.7 Å². The van der Waals surface area contributed by atoms with Crippen LogP contribution in [0.3, 0.4) is 0 Å². The first-order valence-electron chi connectivity index (χ1n) is 9.22. The molecule has 1 saturated heterocycles. The predicted molar refractivity (Wildman–Crippen MR) is 105 cm³/mol. The minimum absolute atomic E-state index is 0.343. The Hall–Kier alpha value is -2.10. The van der Waals surface area contributed by atoms with Crippen molar-refractivity contribution >= 4 is 23.4 Å². The van der Waals surface area contributed by atoms with Gasteiger partial charge in [-0.2, -0.15) is 0 Å². The van der Waals surface area contributed by atoms with E-state index < -0.39 is 0 Å². The molecule has 3 aromatic carbocycles. The Kier molecular flexibility index (Phi) is 3.47. The summed E-state index contributed by atoms with van der Waals surface area (Å²) >= 11 is 0. The van der Waals surface area contributed by atoms with Crippen LogP contribution < -0.4 is 5.46 Å². The Balaban J connectivity index is 1.69. The Bertz CT molecular complexity index is 965. The molecule has 1 heterocycles. The normalized spacial score (nSPS) is 19.2. The summed E-state index contributed by atoms with van der Waals surface area (Å²) in [6, 6.07) is 20.9. The topological polar surface area (TPSA) is 18.5 Å². The molecule has 0 bridgehead atoms. The highest BCUT2D eigenvalue weighted by molar-refractivity contribution is 6.62. The van der Waals surface area contributed by atoms with Crippen LogP contribution in [-0.4, -0.2) is 18.3 Å². The van der Waals surface area contributed by atoms with Crippen molar-refractivity contribution in [1.82, 2.24) is 0 Å². The molecule has 0 aromatic heterocycles. The summed E-state index contributed by atoms with van der Waals surface area (Å²) < 4.78 is 20.1. The van der Waals surface area contributed by atoms with Gasteiger partial charge >= 0.3 is 7.12 Å². The predicted octanol–water partition coefficient (Wildman–Crippen LogP) is 4.81. The number of rotatable bonds is 2. The van der Waals surface area contributed by atoms with Crippen LogP contribution in [-0.2, 0) is 9.31 Å². The van der Waals surface area contributed by atoms with Gasteiger partial charge in [-0.15, -0.1) is 0 Å². The summed E-state index contributed by atoms with van der Waals surface area (Å²) in [5, 5.41) is 2.22. The van der Waals surface area contributed by atoms with Crippen LogP contribution in [0, 0.1) is 0 Å². The molecular weight excluding hydrogens is 307 g/mol. The largest absolute Gasteiger partial charge is 0.494 e. The summed E-state index contributed by atoms with van der Waals surface area (Å²) in [6.07, 6.45) is 0. The van der Waals surface area contributed by atoms with E-state index >= 15 is 0 Å². The van der Waals surface area contributed by atoms with Crippen molar-refractivity contribution in [2.75, 3.05) is 0 Å². The van der Waals surface area contributed by atoms with Crippen LogP contribution in [0.1, 0.15) is 29.1 Å². The molecule has 126 valence electrons. The van der Waals surface area contributed by atoms with Crippen LogP contribution in [0.2, 0.25) is 0 Å². The van der Waals surface area contributed by atoms with E-state index in [1.807, 2.05) is 24.3 Å². The molecule has 0 amide bonds. The number of benzene rings is 3. The van der Waals surface area contributed by atoms with Crippen molar-refractivity contribution in [3.8, 4) is 11.1 Å². The molecular formula is C22H23BO2. The maximum Gasteiger partial charge on any atom is 0.494 e. The molecule has 3 aromatic rings. The van der Waals surface area contributed by atoms with Crippen molar-refractivity contribution in [2.45, 2.75) is 38.9 Å². The molecule has 0 radical (unpaired) electrons. The average molecular weight is 331 g/mol. The third kappa shape index (κ3) is 2.88. The van der Waals surface area contributed by atoms with Crippen molar-refractivity contribution in [2.24, 2.45) is 0 Å². The molecule has 0 aliphatic carbocycles. The summed E-state index contributed by atoms with van der Waals surface area (Å²) in [5.74, 6) is 0. The fourth-order valence-corrected chi connectivity index (χ4v) is 3.15. The van der Waals surface area contributed by atoms with Gasteiger partial charge in [0.2, 0.25) is 0 Å². The van der Waals surface area contributed by atoms with E-state index in [0.29, 0.717) is 6.04 Å². The molecule has 0 spiro atoms. The lowest BCUT2D eigenvalue weighted by molar-refractivity contribution is 0.00578. The van der Waals surface area contributed by atoms with E-state index in [4.69, 9.17) is 10.7 Å². The van der Waals surface area contributed by atoms with Crippen molar-refractivity contribution in [3.63, 3.8) is 0 Å². The van der Waals surface area contributed by atoms with Gasteiger partial charge in [0.05, 0.1) is 12.6 Å². The zero-order valence-corrected chi connectivity index (χ0v) is 15.2. The Morgan fingerprint density at radius 1 is 0.760 bits per heavy atom. The van der Waals surface area contributed by atoms with Crippen LogP contribution in [0.4, 0.5) is 0 Å². The fraction of sp³-hybridized carbons (Fsp3) is 0.273. The maximum absolute atomic E-state index is 7.75. The second-order valence-electron chi connectivity index (χ2n) is 7.70. The van der Waals surface area contributed by atoms with E-state index in [1.165, 1.54) is 0 Å². The first kappa shape index (κ1) is 15.2. The van der Waals surface area contributed by atoms with E-state index in [2.05, 4.69) is 64.1 Å². The molecule has 0 atom stereocenters. The van der Waals surface area contributed by atoms with Gasteiger partial charge in [-0.25, -0.2) is 0 Å². The van der Waals surface area contributed by atoms with E-state index in [1.54, 1.807) is 0 Å². The quantitative estimate of drug-likeness (QED) is 0.628. The molecule has 2 nitrogen and oxygen atoms in total. The second-order valence-corrected chi connectivity index (χ2v) is 7.70. The summed E-state index contributed by atoms with van der Waals surface area (Å²) in [5.41, 5.74) is 2.63. The zero-order valence-electron chi connectivity index (χ0n) is 16.2. The second kappa shape index (κ2) is 5.72. The highest BCUT2D eigenvalue weighted by Crippen LogP contribution is 2.36. The smallest absolute Gasteiger partial charge is 0.399 e. The lowest BCUT2D eigenvalue weighted by Crippen LogP contribution is -2.41. The van der Waals surface area contributed by atoms with Gasteiger partial charge < -0.3 is 9.31 Å². The molecule has 3 heteroatoms. The van der Waals surface area contributed by atoms with Gasteiger partial charge in [0.15, 0.2) is 0 Å². The number of hydrogen-bond donors (Lipinski definition) is 0. The fourth-order valence-electron chi connectivity index (χ4n) is 3.15. The Morgan fingerprint density at radius 3 is 2.24 bits per heavy atom. The van der Waals surface area contributed by atoms with Crippen molar-refractivity contribution in [1.29, 1.82) is 0 Å². The first-order chi connectivity index (χ1) is 12.2. The molecule has 1 aliphatic rings. The number of hydrogen-bond acceptors (Lipinski definition) is 2. The number of fused-ring (bicyclic) bond motifs is 1. The monoisotopic (exact) mass is 331 g/mol. The molecule has 0 N–H and O–H groups in total. The standard InChI is InChI=1S/C22H23BO2/c1-21(2)22(3,4)25-23(24-21)20-11-7-10-18(15-20)19-13-12-16-8-5-6-9-17(16)14-19/h5-15H,1-4H3/i5D. The zero-order chi connectivity index (χ0) is 18.5. The van der Waals surface area contributed by atoms with Gasteiger partial charge in [-0.1, -0.05) is 60.6 Å². The van der Waals surface area contributed by atoms with Crippen LogP contribution in [0.5, 0.6) is 0 Å². The lowest BCUT2D eigenvalue weighted by Gasteiger charge is -2.32. The minimum Gasteiger partial charge on any atom is -0.399 e. The lowest BCUT2D eigenvalue weighted by atomic mass is 9.78. The average Bonchev–Trinajstić information content (AvgIpc) is 2.82. The van der Waals surface area contributed by atoms with E-state index in [0.717, 1.165) is 27.4 Å². The molecule has 0 unspecified atom stereocenters. The van der Waals surface area contributed by atoms with Crippen LogP contribution >= 0.6 is 0 Å². The Labute approximate surface area is 151 Å². The highest BCUT2D eigenvalue weighted by Gasteiger charge is 2.51.